The highest BCUT2D eigenvalue weighted by Crippen LogP contribution is 2.22. The van der Waals surface area contributed by atoms with Crippen LogP contribution in [-0.2, 0) is 16.0 Å². The first-order valence-electron chi connectivity index (χ1n) is 10.1. The van der Waals surface area contributed by atoms with Crippen LogP contribution in [0.15, 0.2) is 29.3 Å². The van der Waals surface area contributed by atoms with Gasteiger partial charge < -0.3 is 24.4 Å². The van der Waals surface area contributed by atoms with Gasteiger partial charge in [-0.15, -0.1) is 24.0 Å². The fourth-order valence-corrected chi connectivity index (χ4v) is 3.54. The maximum atomic E-state index is 5.96. The Morgan fingerprint density at radius 2 is 2.04 bits per heavy atom. The average Bonchev–Trinajstić information content (AvgIpc) is 3.23. The third kappa shape index (κ3) is 6.49. The molecule has 28 heavy (non-hydrogen) atoms. The number of benzene rings is 1. The summed E-state index contributed by atoms with van der Waals surface area (Å²) in [5, 5.41) is 3.49. The first kappa shape index (κ1) is 23.2. The topological polar surface area (TPSA) is 55.3 Å². The molecule has 0 spiro atoms. The molecule has 2 unspecified atom stereocenters. The van der Waals surface area contributed by atoms with Gasteiger partial charge in [-0.05, 0) is 24.8 Å². The van der Waals surface area contributed by atoms with Gasteiger partial charge in [-0.3, -0.25) is 4.99 Å². The third-order valence-electron chi connectivity index (χ3n) is 4.97. The summed E-state index contributed by atoms with van der Waals surface area (Å²) >= 11 is 0. The second kappa shape index (κ2) is 11.8. The van der Waals surface area contributed by atoms with E-state index in [9.17, 15) is 0 Å². The lowest BCUT2D eigenvalue weighted by molar-refractivity contribution is -0.0817. The second-order valence-corrected chi connectivity index (χ2v) is 7.62. The molecule has 1 aromatic carbocycles. The molecule has 0 saturated carbocycles. The summed E-state index contributed by atoms with van der Waals surface area (Å²) in [4.78, 5) is 6.76. The number of hydrogen-bond donors (Lipinski definition) is 1. The number of halogens is 1. The van der Waals surface area contributed by atoms with Crippen molar-refractivity contribution in [3.05, 3.63) is 29.8 Å². The Morgan fingerprint density at radius 3 is 2.75 bits per heavy atom. The zero-order chi connectivity index (χ0) is 19.1. The van der Waals surface area contributed by atoms with Crippen molar-refractivity contribution >= 4 is 29.9 Å². The summed E-state index contributed by atoms with van der Waals surface area (Å²) in [6.07, 6.45) is 2.56. The van der Waals surface area contributed by atoms with E-state index in [1.165, 1.54) is 0 Å². The fraction of sp³-hybridized carbons (Fsp3) is 0.667. The molecule has 3 rings (SSSR count). The number of nitrogens with zero attached hydrogens (tertiary/aromatic N) is 2. The Bertz CT molecular complexity index is 621. The van der Waals surface area contributed by atoms with Crippen molar-refractivity contribution in [2.75, 3.05) is 40.0 Å². The molecule has 2 aliphatic heterocycles. The van der Waals surface area contributed by atoms with E-state index in [0.29, 0.717) is 19.1 Å². The van der Waals surface area contributed by atoms with Crippen LogP contribution in [0.2, 0.25) is 0 Å². The average molecular weight is 503 g/mol. The Hall–Kier alpha value is -1.06. The first-order valence-corrected chi connectivity index (χ1v) is 10.1. The van der Waals surface area contributed by atoms with Crippen LogP contribution in [0.3, 0.4) is 0 Å². The lowest BCUT2D eigenvalue weighted by Gasteiger charge is -2.37. The van der Waals surface area contributed by atoms with E-state index in [1.807, 2.05) is 25.2 Å². The molecule has 2 fully saturated rings. The van der Waals surface area contributed by atoms with E-state index >= 15 is 0 Å². The van der Waals surface area contributed by atoms with Gasteiger partial charge in [0.05, 0.1) is 19.3 Å². The molecule has 2 atom stereocenters. The van der Waals surface area contributed by atoms with Gasteiger partial charge in [-0.25, -0.2) is 0 Å². The number of aliphatic imine (C=N–C) groups is 1. The Balaban J connectivity index is 0.00000280. The van der Waals surface area contributed by atoms with Gasteiger partial charge in [0.1, 0.15) is 11.9 Å². The number of nitrogens with one attached hydrogen (secondary N) is 1. The zero-order valence-electron chi connectivity index (χ0n) is 17.2. The molecular formula is C21H34IN3O3. The van der Waals surface area contributed by atoms with E-state index in [1.54, 1.807) is 0 Å². The van der Waals surface area contributed by atoms with Crippen LogP contribution in [0.25, 0.3) is 0 Å². The van der Waals surface area contributed by atoms with Crippen molar-refractivity contribution in [2.24, 2.45) is 10.9 Å². The first-order chi connectivity index (χ1) is 13.2. The molecule has 2 heterocycles. The van der Waals surface area contributed by atoms with E-state index in [2.05, 4.69) is 35.1 Å². The molecule has 2 aliphatic rings. The summed E-state index contributed by atoms with van der Waals surface area (Å²) in [6.45, 7) is 8.94. The Kier molecular flexibility index (Phi) is 9.81. The number of para-hydroxylation sites is 1. The lowest BCUT2D eigenvalue weighted by atomic mass is 10.1. The van der Waals surface area contributed by atoms with E-state index in [4.69, 9.17) is 14.2 Å². The van der Waals surface area contributed by atoms with Crippen LogP contribution in [0, 0.1) is 5.92 Å². The van der Waals surface area contributed by atoms with Crippen molar-refractivity contribution in [3.63, 3.8) is 0 Å². The minimum atomic E-state index is 0. The number of rotatable bonds is 6. The molecule has 1 aromatic rings. The van der Waals surface area contributed by atoms with Gasteiger partial charge in [0.15, 0.2) is 5.96 Å². The summed E-state index contributed by atoms with van der Waals surface area (Å²) in [6, 6.07) is 8.20. The number of ether oxygens (including phenoxy) is 3. The fourth-order valence-electron chi connectivity index (χ4n) is 3.54. The van der Waals surface area contributed by atoms with Crippen LogP contribution < -0.4 is 10.1 Å². The van der Waals surface area contributed by atoms with Crippen LogP contribution >= 0.6 is 24.0 Å². The summed E-state index contributed by atoms with van der Waals surface area (Å²) in [5.41, 5.74) is 1.14. The monoisotopic (exact) mass is 503 g/mol. The molecule has 2 saturated heterocycles. The predicted molar refractivity (Wildman–Crippen MR) is 123 cm³/mol. The second-order valence-electron chi connectivity index (χ2n) is 7.62. The van der Waals surface area contributed by atoms with Crippen molar-refractivity contribution in [3.8, 4) is 5.75 Å². The molecule has 0 amide bonds. The number of guanidine groups is 1. The predicted octanol–water partition coefficient (Wildman–Crippen LogP) is 3.29. The SMILES string of the molecule is CN=C(NCc1ccccc1OCC(C)C)N1CCOC(C2CCCO2)C1.I. The Morgan fingerprint density at radius 1 is 1.25 bits per heavy atom. The van der Waals surface area contributed by atoms with Gasteiger partial charge in [0, 0.05) is 38.9 Å². The molecule has 0 aromatic heterocycles. The van der Waals surface area contributed by atoms with Crippen molar-refractivity contribution in [1.82, 2.24) is 10.2 Å². The van der Waals surface area contributed by atoms with Gasteiger partial charge in [0.25, 0.3) is 0 Å². The van der Waals surface area contributed by atoms with Crippen molar-refractivity contribution in [1.29, 1.82) is 0 Å². The molecule has 6 nitrogen and oxygen atoms in total. The highest BCUT2D eigenvalue weighted by molar-refractivity contribution is 14.0. The molecular weight excluding hydrogens is 469 g/mol. The summed E-state index contributed by atoms with van der Waals surface area (Å²) in [5.74, 6) is 2.34. The minimum absolute atomic E-state index is 0. The standard InChI is InChI=1S/C21H33N3O3.HI/c1-16(2)15-27-18-8-5-4-7-17(18)13-23-21(22-3)24-10-12-26-20(14-24)19-9-6-11-25-19;/h4-5,7-8,16,19-20H,6,9-15H2,1-3H3,(H,22,23);1H. The maximum Gasteiger partial charge on any atom is 0.194 e. The normalized spacial score (nSPS) is 22.9. The van der Waals surface area contributed by atoms with Crippen LogP contribution in [0.1, 0.15) is 32.3 Å². The lowest BCUT2D eigenvalue weighted by Crippen LogP contribution is -2.53. The van der Waals surface area contributed by atoms with E-state index in [0.717, 1.165) is 56.4 Å². The van der Waals surface area contributed by atoms with E-state index < -0.39 is 0 Å². The van der Waals surface area contributed by atoms with Crippen LogP contribution in [0.5, 0.6) is 5.75 Å². The molecule has 0 aliphatic carbocycles. The maximum absolute atomic E-state index is 5.96. The van der Waals surface area contributed by atoms with Crippen molar-refractivity contribution in [2.45, 2.75) is 45.4 Å². The Labute approximate surface area is 186 Å². The number of morpholine rings is 1. The van der Waals surface area contributed by atoms with Crippen LogP contribution in [-0.4, -0.2) is 63.0 Å². The third-order valence-corrected chi connectivity index (χ3v) is 4.97. The summed E-state index contributed by atoms with van der Waals surface area (Å²) in [7, 11) is 1.83. The largest absolute Gasteiger partial charge is 0.493 e. The van der Waals surface area contributed by atoms with Gasteiger partial charge in [-0.2, -0.15) is 0 Å². The highest BCUT2D eigenvalue weighted by Gasteiger charge is 2.32. The molecule has 0 bridgehead atoms. The quantitative estimate of drug-likeness (QED) is 0.367. The molecule has 7 heteroatoms. The molecule has 1 N–H and O–H groups in total. The van der Waals surface area contributed by atoms with Gasteiger partial charge >= 0.3 is 0 Å². The van der Waals surface area contributed by atoms with Crippen molar-refractivity contribution < 1.29 is 14.2 Å². The van der Waals surface area contributed by atoms with E-state index in [-0.39, 0.29) is 36.2 Å². The van der Waals surface area contributed by atoms with Gasteiger partial charge in [-0.1, -0.05) is 32.0 Å². The van der Waals surface area contributed by atoms with Crippen LogP contribution in [0.4, 0.5) is 0 Å². The molecule has 158 valence electrons. The molecule has 0 radical (unpaired) electrons. The van der Waals surface area contributed by atoms with Gasteiger partial charge in [0.2, 0.25) is 0 Å². The minimum Gasteiger partial charge on any atom is -0.493 e. The summed E-state index contributed by atoms with van der Waals surface area (Å²) < 4.78 is 17.7. The zero-order valence-corrected chi connectivity index (χ0v) is 19.6. The number of hydrogen-bond acceptors (Lipinski definition) is 4. The highest BCUT2D eigenvalue weighted by atomic mass is 127. The smallest absolute Gasteiger partial charge is 0.194 e.